The number of rotatable bonds is 5. The topological polar surface area (TPSA) is 70.0 Å². The fourth-order valence-electron chi connectivity index (χ4n) is 4.81. The maximum Gasteiger partial charge on any atom is 0.407 e. The van der Waals surface area contributed by atoms with Crippen LogP contribution in [0.25, 0.3) is 21.9 Å². The largest absolute Gasteiger partial charge is 0.508 e. The number of ether oxygens (including phenoxy) is 1. The van der Waals surface area contributed by atoms with Gasteiger partial charge in [-0.1, -0.05) is 72.8 Å². The van der Waals surface area contributed by atoms with Gasteiger partial charge in [0.2, 0.25) is 0 Å². The van der Waals surface area contributed by atoms with E-state index in [9.17, 15) is 15.0 Å². The van der Waals surface area contributed by atoms with Gasteiger partial charge in [-0.25, -0.2) is 4.79 Å². The summed E-state index contributed by atoms with van der Waals surface area (Å²) in [7, 11) is 0. The lowest BCUT2D eigenvalue weighted by Crippen LogP contribution is -2.46. The van der Waals surface area contributed by atoms with Gasteiger partial charge in [0, 0.05) is 12.5 Å². The summed E-state index contributed by atoms with van der Waals surface area (Å²) in [4.78, 5) is 13.1. The van der Waals surface area contributed by atoms with E-state index in [2.05, 4.69) is 42.5 Å². The number of aromatic hydroxyl groups is 1. The molecular weight excluding hydrogens is 426 g/mol. The van der Waals surface area contributed by atoms with Crippen molar-refractivity contribution < 1.29 is 19.7 Å². The van der Waals surface area contributed by atoms with Crippen LogP contribution in [0.5, 0.6) is 5.75 Å². The van der Waals surface area contributed by atoms with Crippen LogP contribution in [0.2, 0.25) is 0 Å². The second kappa shape index (κ2) is 9.57. The highest BCUT2D eigenvalue weighted by atomic mass is 16.5. The minimum atomic E-state index is -0.911. The van der Waals surface area contributed by atoms with Crippen molar-refractivity contribution in [3.63, 3.8) is 0 Å². The number of carbonyl (C=O) groups is 1. The highest BCUT2D eigenvalue weighted by Gasteiger charge is 2.33. The molecule has 5 nitrogen and oxygen atoms in total. The Labute approximate surface area is 198 Å². The SMILES string of the molecule is O=C(O)N1CC[C@H](c2cccc(-c3cccc(O)c3)c2)[C@@H](OCc2ccc3ccccc3c2)C1. The summed E-state index contributed by atoms with van der Waals surface area (Å²) >= 11 is 0. The highest BCUT2D eigenvalue weighted by Crippen LogP contribution is 2.34. The van der Waals surface area contributed by atoms with Gasteiger partial charge in [0.15, 0.2) is 0 Å². The summed E-state index contributed by atoms with van der Waals surface area (Å²) in [5.41, 5.74) is 4.15. The predicted molar refractivity (Wildman–Crippen MR) is 133 cm³/mol. The van der Waals surface area contributed by atoms with Gasteiger partial charge in [0.25, 0.3) is 0 Å². The Kier molecular flexibility index (Phi) is 6.19. The third-order valence-corrected chi connectivity index (χ3v) is 6.60. The van der Waals surface area contributed by atoms with Gasteiger partial charge in [-0.15, -0.1) is 0 Å². The lowest BCUT2D eigenvalue weighted by Gasteiger charge is -2.37. The average molecular weight is 454 g/mol. The molecule has 0 aliphatic carbocycles. The number of phenols is 1. The molecular formula is C29H27NO4. The zero-order chi connectivity index (χ0) is 23.5. The van der Waals surface area contributed by atoms with Crippen LogP contribution in [0.1, 0.15) is 23.5 Å². The molecule has 1 heterocycles. The first-order chi connectivity index (χ1) is 16.6. The van der Waals surface area contributed by atoms with Crippen molar-refractivity contribution in [2.45, 2.75) is 25.0 Å². The van der Waals surface area contributed by atoms with E-state index in [-0.39, 0.29) is 17.8 Å². The number of hydrogen-bond acceptors (Lipinski definition) is 3. The highest BCUT2D eigenvalue weighted by molar-refractivity contribution is 5.83. The van der Waals surface area contributed by atoms with Crippen LogP contribution in [0.15, 0.2) is 91.0 Å². The normalized spacial score (nSPS) is 18.2. The number of likely N-dealkylation sites (tertiary alicyclic amines) is 1. The first-order valence-corrected chi connectivity index (χ1v) is 11.5. The lowest BCUT2D eigenvalue weighted by atomic mass is 9.85. The molecule has 0 unspecified atom stereocenters. The maximum absolute atomic E-state index is 11.7. The van der Waals surface area contributed by atoms with Crippen molar-refractivity contribution >= 4 is 16.9 Å². The molecule has 2 N–H and O–H groups in total. The Balaban J connectivity index is 1.39. The average Bonchev–Trinajstić information content (AvgIpc) is 2.87. The third-order valence-electron chi connectivity index (χ3n) is 6.60. The first-order valence-electron chi connectivity index (χ1n) is 11.5. The molecule has 1 aliphatic rings. The number of fused-ring (bicyclic) bond motifs is 1. The van der Waals surface area contributed by atoms with Gasteiger partial charge in [-0.05, 0) is 57.6 Å². The van der Waals surface area contributed by atoms with Crippen molar-refractivity contribution in [1.29, 1.82) is 0 Å². The van der Waals surface area contributed by atoms with E-state index in [4.69, 9.17) is 4.74 Å². The molecule has 1 saturated heterocycles. The van der Waals surface area contributed by atoms with E-state index >= 15 is 0 Å². The molecule has 5 rings (SSSR count). The van der Waals surface area contributed by atoms with E-state index in [0.717, 1.165) is 27.6 Å². The fraction of sp³-hybridized carbons (Fsp3) is 0.207. The van der Waals surface area contributed by atoms with Crippen LogP contribution >= 0.6 is 0 Å². The molecule has 1 amide bonds. The first kappa shape index (κ1) is 22.0. The molecule has 34 heavy (non-hydrogen) atoms. The molecule has 2 atom stereocenters. The number of piperidine rings is 1. The summed E-state index contributed by atoms with van der Waals surface area (Å²) in [5.74, 6) is 0.308. The van der Waals surface area contributed by atoms with E-state index in [1.165, 1.54) is 10.3 Å². The summed E-state index contributed by atoms with van der Waals surface area (Å²) in [6.07, 6.45) is -0.472. The van der Waals surface area contributed by atoms with E-state index in [1.54, 1.807) is 12.1 Å². The van der Waals surface area contributed by atoms with E-state index in [0.29, 0.717) is 26.1 Å². The number of benzene rings is 4. The van der Waals surface area contributed by atoms with Gasteiger partial charge in [-0.2, -0.15) is 0 Å². The Bertz CT molecular complexity index is 1320. The lowest BCUT2D eigenvalue weighted by molar-refractivity contribution is -0.0199. The Morgan fingerprint density at radius 3 is 2.44 bits per heavy atom. The second-order valence-electron chi connectivity index (χ2n) is 8.83. The molecule has 1 aliphatic heterocycles. The number of hydrogen-bond donors (Lipinski definition) is 2. The van der Waals surface area contributed by atoms with Crippen LogP contribution in [0.4, 0.5) is 4.79 Å². The quantitative estimate of drug-likeness (QED) is 0.374. The summed E-state index contributed by atoms with van der Waals surface area (Å²) in [6, 6.07) is 30.0. The predicted octanol–water partition coefficient (Wildman–Crippen LogP) is 6.27. The molecule has 0 saturated carbocycles. The van der Waals surface area contributed by atoms with Gasteiger partial charge in [0.05, 0.1) is 19.3 Å². The smallest absolute Gasteiger partial charge is 0.407 e. The molecule has 0 spiro atoms. The molecule has 4 aromatic rings. The zero-order valence-corrected chi connectivity index (χ0v) is 18.8. The van der Waals surface area contributed by atoms with Gasteiger partial charge in [0.1, 0.15) is 5.75 Å². The monoisotopic (exact) mass is 453 g/mol. The van der Waals surface area contributed by atoms with Crippen LogP contribution in [0, 0.1) is 0 Å². The third kappa shape index (κ3) is 4.75. The standard InChI is InChI=1S/C29H27NO4/c31-26-10-4-8-24(17-26)23-7-3-9-25(16-23)27-13-14-30(29(32)33)18-28(27)34-19-20-11-12-21-5-1-2-6-22(21)15-20/h1-12,15-17,27-28,31H,13-14,18-19H2,(H,32,33)/t27-,28+/m1/s1. The van der Waals surface area contributed by atoms with Crippen LogP contribution < -0.4 is 0 Å². The van der Waals surface area contributed by atoms with Crippen molar-refractivity contribution in [3.05, 3.63) is 102 Å². The summed E-state index contributed by atoms with van der Waals surface area (Å²) < 4.78 is 6.39. The summed E-state index contributed by atoms with van der Waals surface area (Å²) in [6.45, 7) is 1.24. The molecule has 0 radical (unpaired) electrons. The molecule has 4 aromatic carbocycles. The van der Waals surface area contributed by atoms with Gasteiger partial charge in [-0.3, -0.25) is 0 Å². The van der Waals surface area contributed by atoms with Crippen molar-refractivity contribution in [2.24, 2.45) is 0 Å². The Hall–Kier alpha value is -3.83. The Morgan fingerprint density at radius 1 is 0.882 bits per heavy atom. The maximum atomic E-state index is 11.7. The van der Waals surface area contributed by atoms with Crippen molar-refractivity contribution in [3.8, 4) is 16.9 Å². The Morgan fingerprint density at radius 2 is 1.65 bits per heavy atom. The fourth-order valence-corrected chi connectivity index (χ4v) is 4.81. The van der Waals surface area contributed by atoms with E-state index in [1.807, 2.05) is 36.4 Å². The van der Waals surface area contributed by atoms with Crippen LogP contribution in [-0.4, -0.2) is 40.4 Å². The van der Waals surface area contributed by atoms with E-state index < -0.39 is 6.09 Å². The van der Waals surface area contributed by atoms with Crippen LogP contribution in [-0.2, 0) is 11.3 Å². The van der Waals surface area contributed by atoms with Crippen molar-refractivity contribution in [1.82, 2.24) is 4.90 Å². The number of amides is 1. The zero-order valence-electron chi connectivity index (χ0n) is 18.8. The number of carboxylic acid groups (broad SMARTS) is 1. The minimum Gasteiger partial charge on any atom is -0.508 e. The number of phenolic OH excluding ortho intramolecular Hbond substituents is 1. The molecule has 0 aromatic heterocycles. The molecule has 0 bridgehead atoms. The summed E-state index contributed by atoms with van der Waals surface area (Å²) in [5, 5.41) is 21.8. The molecule has 172 valence electrons. The second-order valence-corrected chi connectivity index (χ2v) is 8.83. The molecule has 1 fully saturated rings. The van der Waals surface area contributed by atoms with Gasteiger partial charge < -0.3 is 19.8 Å². The van der Waals surface area contributed by atoms with Gasteiger partial charge >= 0.3 is 6.09 Å². The van der Waals surface area contributed by atoms with Crippen LogP contribution in [0.3, 0.4) is 0 Å². The van der Waals surface area contributed by atoms with Crippen molar-refractivity contribution in [2.75, 3.05) is 13.1 Å². The molecule has 5 heteroatoms. The minimum absolute atomic E-state index is 0.0771. The number of nitrogens with zero attached hydrogens (tertiary/aromatic N) is 1.